The van der Waals surface area contributed by atoms with E-state index in [4.69, 9.17) is 0 Å². The molecule has 0 bridgehead atoms. The number of H-pyrrole nitrogens is 1. The molecule has 5 aromatic rings. The van der Waals surface area contributed by atoms with Gasteiger partial charge in [-0.25, -0.2) is 0 Å². The van der Waals surface area contributed by atoms with Gasteiger partial charge in [0.2, 0.25) is 5.91 Å². The van der Waals surface area contributed by atoms with Crippen molar-refractivity contribution in [1.29, 1.82) is 0 Å². The lowest BCUT2D eigenvalue weighted by Gasteiger charge is -2.14. The Bertz CT molecular complexity index is 1490. The predicted octanol–water partition coefficient (Wildman–Crippen LogP) is 4.28. The van der Waals surface area contributed by atoms with Crippen LogP contribution in [-0.4, -0.2) is 25.4 Å². The minimum absolute atomic E-state index is 0.0843. The molecule has 0 spiro atoms. The van der Waals surface area contributed by atoms with Gasteiger partial charge in [-0.3, -0.25) is 24.1 Å². The lowest BCUT2D eigenvalue weighted by atomic mass is 10.1. The molecule has 0 aliphatic rings. The number of nitrogens with one attached hydrogen (secondary N) is 2. The molecular formula is C29H27N5O2. The van der Waals surface area contributed by atoms with E-state index in [1.54, 1.807) is 18.6 Å². The number of amides is 1. The number of nitrogens with zero attached hydrogens (tertiary/aromatic N) is 3. The molecule has 0 aliphatic heterocycles. The van der Waals surface area contributed by atoms with E-state index in [9.17, 15) is 9.59 Å². The molecule has 3 heterocycles. The van der Waals surface area contributed by atoms with Crippen molar-refractivity contribution in [2.75, 3.05) is 0 Å². The van der Waals surface area contributed by atoms with E-state index in [0.717, 1.165) is 35.0 Å². The highest BCUT2D eigenvalue weighted by molar-refractivity contribution is 5.80. The van der Waals surface area contributed by atoms with Crippen LogP contribution >= 0.6 is 0 Å². The molecule has 7 heteroatoms. The maximum Gasteiger partial charge on any atom is 0.273 e. The van der Waals surface area contributed by atoms with E-state index in [1.807, 2.05) is 60.7 Å². The molecule has 7 nitrogen and oxygen atoms in total. The summed E-state index contributed by atoms with van der Waals surface area (Å²) in [7, 11) is 0. The Morgan fingerprint density at radius 3 is 2.50 bits per heavy atom. The fourth-order valence-corrected chi connectivity index (χ4v) is 4.32. The Kier molecular flexibility index (Phi) is 6.98. The second-order valence-electron chi connectivity index (χ2n) is 8.72. The lowest BCUT2D eigenvalue weighted by molar-refractivity contribution is -0.121. The average molecular weight is 478 g/mol. The number of rotatable bonds is 9. The van der Waals surface area contributed by atoms with Crippen molar-refractivity contribution in [3.63, 3.8) is 0 Å². The minimum atomic E-state index is -0.243. The SMILES string of the molecule is O=C(Cn1c(-c2ccccc2)cnc(CCCc2ccccc2)c1=O)NCc1cc2cnccc2[nH]1. The van der Waals surface area contributed by atoms with Gasteiger partial charge in [0.15, 0.2) is 0 Å². The summed E-state index contributed by atoms with van der Waals surface area (Å²) in [6.07, 6.45) is 7.42. The Hall–Kier alpha value is -4.52. The molecule has 3 aromatic heterocycles. The Labute approximate surface area is 208 Å². The van der Waals surface area contributed by atoms with Crippen LogP contribution in [0.4, 0.5) is 0 Å². The molecule has 0 saturated heterocycles. The van der Waals surface area contributed by atoms with Crippen molar-refractivity contribution in [1.82, 2.24) is 24.8 Å². The number of benzene rings is 2. The number of hydrogen-bond acceptors (Lipinski definition) is 4. The summed E-state index contributed by atoms with van der Waals surface area (Å²) in [4.78, 5) is 38.3. The molecular weight excluding hydrogens is 450 g/mol. The van der Waals surface area contributed by atoms with Gasteiger partial charge in [-0.2, -0.15) is 0 Å². The Balaban J connectivity index is 1.33. The summed E-state index contributed by atoms with van der Waals surface area (Å²) in [6, 6.07) is 23.6. The first-order valence-electron chi connectivity index (χ1n) is 12.0. The lowest BCUT2D eigenvalue weighted by Crippen LogP contribution is -2.34. The van der Waals surface area contributed by atoms with Gasteiger partial charge in [0.05, 0.1) is 18.4 Å². The van der Waals surface area contributed by atoms with Crippen molar-refractivity contribution in [2.45, 2.75) is 32.4 Å². The van der Waals surface area contributed by atoms with Crippen LogP contribution < -0.4 is 10.9 Å². The molecule has 2 N–H and O–H groups in total. The normalized spacial score (nSPS) is 11.0. The van der Waals surface area contributed by atoms with Crippen LogP contribution in [0.15, 0.2) is 96.2 Å². The minimum Gasteiger partial charge on any atom is -0.357 e. The van der Waals surface area contributed by atoms with Crippen LogP contribution in [-0.2, 0) is 30.7 Å². The smallest absolute Gasteiger partial charge is 0.273 e. The third kappa shape index (κ3) is 5.41. The van der Waals surface area contributed by atoms with Gasteiger partial charge in [0.1, 0.15) is 12.2 Å². The van der Waals surface area contributed by atoms with Crippen LogP contribution in [0.5, 0.6) is 0 Å². The molecule has 2 aromatic carbocycles. The predicted molar refractivity (Wildman–Crippen MR) is 140 cm³/mol. The first kappa shape index (κ1) is 23.2. The van der Waals surface area contributed by atoms with Crippen molar-refractivity contribution in [3.05, 3.63) is 119 Å². The highest BCUT2D eigenvalue weighted by atomic mass is 16.2. The van der Waals surface area contributed by atoms with Crippen molar-refractivity contribution < 1.29 is 4.79 Å². The molecule has 180 valence electrons. The third-order valence-corrected chi connectivity index (χ3v) is 6.17. The third-order valence-electron chi connectivity index (χ3n) is 6.17. The average Bonchev–Trinajstić information content (AvgIpc) is 3.34. The van der Waals surface area contributed by atoms with Gasteiger partial charge in [-0.15, -0.1) is 0 Å². The topological polar surface area (TPSA) is 92.7 Å². The summed E-state index contributed by atoms with van der Waals surface area (Å²) in [5.74, 6) is -0.243. The highest BCUT2D eigenvalue weighted by Crippen LogP contribution is 2.18. The van der Waals surface area contributed by atoms with Gasteiger partial charge in [0, 0.05) is 29.0 Å². The summed E-state index contributed by atoms with van der Waals surface area (Å²) in [5, 5.41) is 3.91. The summed E-state index contributed by atoms with van der Waals surface area (Å²) in [6.45, 7) is 0.247. The van der Waals surface area contributed by atoms with Crippen molar-refractivity contribution >= 4 is 16.8 Å². The van der Waals surface area contributed by atoms with Crippen molar-refractivity contribution in [2.24, 2.45) is 0 Å². The van der Waals surface area contributed by atoms with Crippen LogP contribution in [0.3, 0.4) is 0 Å². The number of aryl methyl sites for hydroxylation is 2. The number of carbonyl (C=O) groups is 1. The number of fused-ring (bicyclic) bond motifs is 1. The fourth-order valence-electron chi connectivity index (χ4n) is 4.32. The largest absolute Gasteiger partial charge is 0.357 e. The van der Waals surface area contributed by atoms with Crippen LogP contribution in [0.2, 0.25) is 0 Å². The Morgan fingerprint density at radius 1 is 0.944 bits per heavy atom. The molecule has 0 aliphatic carbocycles. The van der Waals surface area contributed by atoms with E-state index in [-0.39, 0.29) is 18.0 Å². The Morgan fingerprint density at radius 2 is 1.72 bits per heavy atom. The van der Waals surface area contributed by atoms with Gasteiger partial charge in [-0.05, 0) is 42.5 Å². The van der Waals surface area contributed by atoms with Crippen LogP contribution in [0.25, 0.3) is 22.2 Å². The monoisotopic (exact) mass is 477 g/mol. The first-order valence-corrected chi connectivity index (χ1v) is 12.0. The molecule has 0 radical (unpaired) electrons. The number of pyridine rings is 1. The van der Waals surface area contributed by atoms with E-state index >= 15 is 0 Å². The maximum absolute atomic E-state index is 13.4. The standard InChI is InChI=1S/C29H27N5O2/c35-28(32-18-24-16-23-17-30-15-14-25(23)33-24)20-34-27(22-11-5-2-6-12-22)19-31-26(29(34)36)13-7-10-21-8-3-1-4-9-21/h1-6,8-9,11-12,14-17,19,33H,7,10,13,18,20H2,(H,32,35). The zero-order valence-electron chi connectivity index (χ0n) is 19.9. The van der Waals surface area contributed by atoms with Gasteiger partial charge < -0.3 is 10.3 Å². The van der Waals surface area contributed by atoms with Gasteiger partial charge in [0.25, 0.3) is 5.56 Å². The molecule has 1 amide bonds. The first-order chi connectivity index (χ1) is 17.7. The fraction of sp³-hybridized carbons (Fsp3) is 0.172. The molecule has 36 heavy (non-hydrogen) atoms. The summed E-state index contributed by atoms with van der Waals surface area (Å²) < 4.78 is 1.53. The second kappa shape index (κ2) is 10.8. The van der Waals surface area contributed by atoms with E-state index in [1.165, 1.54) is 10.1 Å². The maximum atomic E-state index is 13.4. The van der Waals surface area contributed by atoms with E-state index in [2.05, 4.69) is 32.4 Å². The summed E-state index contributed by atoms with van der Waals surface area (Å²) in [5.41, 5.74) is 4.78. The van der Waals surface area contributed by atoms with Crippen molar-refractivity contribution in [3.8, 4) is 11.3 Å². The number of aromatic nitrogens is 4. The number of aromatic amines is 1. The zero-order chi connectivity index (χ0) is 24.7. The van der Waals surface area contributed by atoms with E-state index in [0.29, 0.717) is 24.4 Å². The number of carbonyl (C=O) groups excluding carboxylic acids is 1. The second-order valence-corrected chi connectivity index (χ2v) is 8.72. The van der Waals surface area contributed by atoms with E-state index < -0.39 is 0 Å². The molecule has 0 unspecified atom stereocenters. The highest BCUT2D eigenvalue weighted by Gasteiger charge is 2.15. The molecule has 5 rings (SSSR count). The molecule has 0 fully saturated rings. The zero-order valence-corrected chi connectivity index (χ0v) is 19.9. The quantitative estimate of drug-likeness (QED) is 0.331. The van der Waals surface area contributed by atoms with Gasteiger partial charge in [-0.1, -0.05) is 60.7 Å². The number of hydrogen-bond donors (Lipinski definition) is 2. The van der Waals surface area contributed by atoms with Crippen LogP contribution in [0, 0.1) is 0 Å². The molecule has 0 atom stereocenters. The van der Waals surface area contributed by atoms with Gasteiger partial charge >= 0.3 is 0 Å². The summed E-state index contributed by atoms with van der Waals surface area (Å²) >= 11 is 0. The molecule has 0 saturated carbocycles. The van der Waals surface area contributed by atoms with Crippen LogP contribution in [0.1, 0.15) is 23.4 Å².